The fraction of sp³-hybridized carbons (Fsp3) is 0.462. The average Bonchev–Trinajstić information content (AvgIpc) is 2.30. The molecule has 0 saturated heterocycles. The number of aryl methyl sites for hydroxylation is 1. The summed E-state index contributed by atoms with van der Waals surface area (Å²) in [5.74, 6) is -0.242. The van der Waals surface area contributed by atoms with Crippen molar-refractivity contribution in [3.05, 3.63) is 34.3 Å². The van der Waals surface area contributed by atoms with Crippen molar-refractivity contribution in [2.24, 2.45) is 0 Å². The molecule has 1 aromatic rings. The smallest absolute Gasteiger partial charge is 0.252 e. The summed E-state index contributed by atoms with van der Waals surface area (Å²) >= 11 is 6.04. The maximum atomic E-state index is 11.8. The number of amides is 1. The third-order valence-corrected chi connectivity index (χ3v) is 3.06. The Hall–Kier alpha value is -1.06. The van der Waals surface area contributed by atoms with Crippen LogP contribution in [0.25, 0.3) is 0 Å². The maximum absolute atomic E-state index is 11.8. The molecule has 1 unspecified atom stereocenters. The lowest BCUT2D eigenvalue weighted by Crippen LogP contribution is -2.32. The van der Waals surface area contributed by atoms with E-state index in [9.17, 15) is 9.90 Å². The van der Waals surface area contributed by atoms with Crippen LogP contribution in [0.5, 0.6) is 0 Å². The monoisotopic (exact) mass is 255 g/mol. The summed E-state index contributed by atoms with van der Waals surface area (Å²) in [5, 5.41) is 12.7. The summed E-state index contributed by atoms with van der Waals surface area (Å²) in [5.41, 5.74) is 1.32. The van der Waals surface area contributed by atoms with E-state index < -0.39 is 6.10 Å². The van der Waals surface area contributed by atoms with Gasteiger partial charge in [0.1, 0.15) is 0 Å². The molecule has 0 aliphatic heterocycles. The molecule has 1 rings (SSSR count). The number of halogens is 1. The predicted octanol–water partition coefficient (Wildman–Crippen LogP) is 2.54. The van der Waals surface area contributed by atoms with Gasteiger partial charge in [-0.2, -0.15) is 0 Å². The van der Waals surface area contributed by atoms with Gasteiger partial charge in [0.25, 0.3) is 5.91 Å². The topological polar surface area (TPSA) is 49.3 Å². The van der Waals surface area contributed by atoms with Gasteiger partial charge in [-0.15, -0.1) is 0 Å². The van der Waals surface area contributed by atoms with Gasteiger partial charge < -0.3 is 10.4 Å². The van der Waals surface area contributed by atoms with Crippen molar-refractivity contribution in [2.45, 2.75) is 32.8 Å². The molecule has 0 bridgehead atoms. The van der Waals surface area contributed by atoms with Crippen molar-refractivity contribution in [3.8, 4) is 0 Å². The van der Waals surface area contributed by atoms with E-state index in [1.807, 2.05) is 19.9 Å². The van der Waals surface area contributed by atoms with Crippen molar-refractivity contribution in [2.75, 3.05) is 6.54 Å². The average molecular weight is 256 g/mol. The number of benzene rings is 1. The molecule has 0 aromatic heterocycles. The Labute approximate surface area is 107 Å². The fourth-order valence-electron chi connectivity index (χ4n) is 1.56. The Morgan fingerprint density at radius 2 is 2.24 bits per heavy atom. The number of hydrogen-bond acceptors (Lipinski definition) is 2. The molecule has 94 valence electrons. The summed E-state index contributed by atoms with van der Waals surface area (Å²) in [6, 6.07) is 5.32. The molecule has 3 nitrogen and oxygen atoms in total. The number of carbonyl (C=O) groups excluding carboxylic acids is 1. The van der Waals surface area contributed by atoms with E-state index in [1.54, 1.807) is 12.1 Å². The molecule has 0 fully saturated rings. The van der Waals surface area contributed by atoms with E-state index in [-0.39, 0.29) is 12.5 Å². The predicted molar refractivity (Wildman–Crippen MR) is 69.4 cm³/mol. The van der Waals surface area contributed by atoms with Crippen molar-refractivity contribution >= 4 is 17.5 Å². The Bertz CT molecular complexity index is 393. The first-order valence-corrected chi connectivity index (χ1v) is 6.15. The molecule has 0 aliphatic rings. The van der Waals surface area contributed by atoms with E-state index in [0.717, 1.165) is 12.0 Å². The Kier molecular flexibility index (Phi) is 5.45. The van der Waals surface area contributed by atoms with Crippen molar-refractivity contribution < 1.29 is 9.90 Å². The second-order valence-corrected chi connectivity index (χ2v) is 4.47. The van der Waals surface area contributed by atoms with Gasteiger partial charge in [0, 0.05) is 6.54 Å². The largest absolute Gasteiger partial charge is 0.391 e. The van der Waals surface area contributed by atoms with Gasteiger partial charge in [0.05, 0.1) is 16.7 Å². The second kappa shape index (κ2) is 6.62. The highest BCUT2D eigenvalue weighted by Crippen LogP contribution is 2.19. The number of carbonyl (C=O) groups is 1. The highest BCUT2D eigenvalue weighted by Gasteiger charge is 2.12. The SMILES string of the molecule is CCCC(O)CNC(=O)c1cccc(C)c1Cl. The van der Waals surface area contributed by atoms with Crippen LogP contribution in [0.4, 0.5) is 0 Å². The van der Waals surface area contributed by atoms with Gasteiger partial charge >= 0.3 is 0 Å². The van der Waals surface area contributed by atoms with Crippen molar-refractivity contribution in [1.82, 2.24) is 5.32 Å². The number of aliphatic hydroxyl groups is 1. The number of nitrogens with one attached hydrogen (secondary N) is 1. The van der Waals surface area contributed by atoms with Crippen LogP contribution in [0.2, 0.25) is 5.02 Å². The third-order valence-electron chi connectivity index (χ3n) is 2.56. The lowest BCUT2D eigenvalue weighted by molar-refractivity contribution is 0.0910. The second-order valence-electron chi connectivity index (χ2n) is 4.09. The van der Waals surface area contributed by atoms with E-state index in [2.05, 4.69) is 5.32 Å². The molecular formula is C13H18ClNO2. The zero-order valence-electron chi connectivity index (χ0n) is 10.2. The first kappa shape index (κ1) is 14.0. The summed E-state index contributed by atoms with van der Waals surface area (Å²) in [7, 11) is 0. The standard InChI is InChI=1S/C13H18ClNO2/c1-3-5-10(16)8-15-13(17)11-7-4-6-9(2)12(11)14/h4,6-7,10,16H,3,5,8H2,1-2H3,(H,15,17). The number of hydrogen-bond donors (Lipinski definition) is 2. The molecule has 0 saturated carbocycles. The fourth-order valence-corrected chi connectivity index (χ4v) is 1.78. The molecule has 1 amide bonds. The number of rotatable bonds is 5. The molecule has 1 aromatic carbocycles. The van der Waals surface area contributed by atoms with Crippen molar-refractivity contribution in [1.29, 1.82) is 0 Å². The molecule has 0 aliphatic carbocycles. The maximum Gasteiger partial charge on any atom is 0.252 e. The number of aliphatic hydroxyl groups excluding tert-OH is 1. The van der Waals surface area contributed by atoms with Crippen LogP contribution in [0.15, 0.2) is 18.2 Å². The molecule has 4 heteroatoms. The first-order valence-electron chi connectivity index (χ1n) is 5.77. The first-order chi connectivity index (χ1) is 8.06. The molecule has 2 N–H and O–H groups in total. The quantitative estimate of drug-likeness (QED) is 0.850. The molecule has 0 radical (unpaired) electrons. The summed E-state index contributed by atoms with van der Waals surface area (Å²) in [6.45, 7) is 4.10. The molecule has 0 heterocycles. The minimum atomic E-state index is -0.493. The lowest BCUT2D eigenvalue weighted by atomic mass is 10.1. The molecule has 1 atom stereocenters. The zero-order valence-corrected chi connectivity index (χ0v) is 10.9. The van der Waals surface area contributed by atoms with Gasteiger partial charge in [0.2, 0.25) is 0 Å². The van der Waals surface area contributed by atoms with Gasteiger partial charge in [0.15, 0.2) is 0 Å². The van der Waals surface area contributed by atoms with Gasteiger partial charge in [-0.25, -0.2) is 0 Å². The lowest BCUT2D eigenvalue weighted by Gasteiger charge is -2.12. The molecule has 17 heavy (non-hydrogen) atoms. The van der Waals surface area contributed by atoms with Crippen LogP contribution in [-0.4, -0.2) is 23.7 Å². The molecule has 0 spiro atoms. The van der Waals surface area contributed by atoms with E-state index >= 15 is 0 Å². The van der Waals surface area contributed by atoms with Gasteiger partial charge in [-0.05, 0) is 25.0 Å². The summed E-state index contributed by atoms with van der Waals surface area (Å²) in [4.78, 5) is 11.8. The van der Waals surface area contributed by atoms with E-state index in [1.165, 1.54) is 0 Å². The Morgan fingerprint density at radius 1 is 1.53 bits per heavy atom. The highest BCUT2D eigenvalue weighted by molar-refractivity contribution is 6.34. The minimum Gasteiger partial charge on any atom is -0.391 e. The zero-order chi connectivity index (χ0) is 12.8. The molecular weight excluding hydrogens is 238 g/mol. The Balaban J connectivity index is 2.61. The summed E-state index contributed by atoms with van der Waals surface area (Å²) in [6.07, 6.45) is 1.08. The van der Waals surface area contributed by atoms with Crippen LogP contribution in [-0.2, 0) is 0 Å². The van der Waals surface area contributed by atoms with Gasteiger partial charge in [-0.1, -0.05) is 37.1 Å². The van der Waals surface area contributed by atoms with E-state index in [0.29, 0.717) is 17.0 Å². The van der Waals surface area contributed by atoms with Crippen LogP contribution in [0, 0.1) is 6.92 Å². The van der Waals surface area contributed by atoms with Crippen LogP contribution in [0.1, 0.15) is 35.7 Å². The van der Waals surface area contributed by atoms with Gasteiger partial charge in [-0.3, -0.25) is 4.79 Å². The minimum absolute atomic E-state index is 0.242. The highest BCUT2D eigenvalue weighted by atomic mass is 35.5. The van der Waals surface area contributed by atoms with E-state index in [4.69, 9.17) is 11.6 Å². The van der Waals surface area contributed by atoms with Crippen LogP contribution >= 0.6 is 11.6 Å². The Morgan fingerprint density at radius 3 is 2.88 bits per heavy atom. The van der Waals surface area contributed by atoms with Crippen molar-refractivity contribution in [3.63, 3.8) is 0 Å². The van der Waals surface area contributed by atoms with Crippen LogP contribution in [0.3, 0.4) is 0 Å². The third kappa shape index (κ3) is 4.02. The van der Waals surface area contributed by atoms with Crippen LogP contribution < -0.4 is 5.32 Å². The normalized spacial score (nSPS) is 12.2. The summed E-state index contributed by atoms with van der Waals surface area (Å²) < 4.78 is 0.